The van der Waals surface area contributed by atoms with E-state index >= 15 is 0 Å². The number of nitrogens with zero attached hydrogens (tertiary/aromatic N) is 5. The predicted molar refractivity (Wildman–Crippen MR) is 135 cm³/mol. The van der Waals surface area contributed by atoms with Gasteiger partial charge in [0.2, 0.25) is 0 Å². The molecule has 0 amide bonds. The molecule has 1 aliphatic rings. The first kappa shape index (κ1) is 20.8. The maximum atomic E-state index is 13.6. The van der Waals surface area contributed by atoms with Crippen LogP contribution < -0.4 is 5.56 Å². The minimum atomic E-state index is 0.100. The Bertz CT molecular complexity index is 1540. The number of fused-ring (bicyclic) bond motifs is 3. The third-order valence-corrected chi connectivity index (χ3v) is 7.07. The van der Waals surface area contributed by atoms with Crippen LogP contribution in [0, 0.1) is 0 Å². The molecule has 4 aromatic heterocycles. The van der Waals surface area contributed by atoms with Crippen molar-refractivity contribution in [3.8, 4) is 11.3 Å². The summed E-state index contributed by atoms with van der Waals surface area (Å²) in [4.78, 5) is 22.9. The smallest absolute Gasteiger partial charge is 0.258 e. The minimum absolute atomic E-state index is 0.100. The SMILES string of the molecule is Cn1cc(-c2ccc(Cc3cc4c(=O)n(C5CCCCC5)ccc4c4ncccc34)cn2)cn1. The van der Waals surface area contributed by atoms with Crippen LogP contribution in [0.3, 0.4) is 0 Å². The molecule has 5 aromatic rings. The van der Waals surface area contributed by atoms with Crippen molar-refractivity contribution in [1.82, 2.24) is 24.3 Å². The molecule has 1 saturated carbocycles. The molecule has 0 atom stereocenters. The average Bonchev–Trinajstić information content (AvgIpc) is 3.32. The van der Waals surface area contributed by atoms with E-state index in [1.807, 2.05) is 54.7 Å². The van der Waals surface area contributed by atoms with Gasteiger partial charge in [-0.05, 0) is 54.7 Å². The summed E-state index contributed by atoms with van der Waals surface area (Å²) in [5, 5.41) is 7.01. The van der Waals surface area contributed by atoms with Crippen LogP contribution in [0.25, 0.3) is 32.9 Å². The van der Waals surface area contributed by atoms with Gasteiger partial charge in [-0.3, -0.25) is 19.4 Å². The van der Waals surface area contributed by atoms with Crippen LogP contribution in [0.4, 0.5) is 0 Å². The maximum Gasteiger partial charge on any atom is 0.258 e. The number of pyridine rings is 3. The van der Waals surface area contributed by atoms with Crippen molar-refractivity contribution in [3.05, 3.63) is 88.9 Å². The van der Waals surface area contributed by atoms with E-state index in [0.717, 1.165) is 56.9 Å². The first-order valence-corrected chi connectivity index (χ1v) is 12.0. The number of benzene rings is 1. The van der Waals surface area contributed by atoms with Gasteiger partial charge in [0.15, 0.2) is 0 Å². The highest BCUT2D eigenvalue weighted by Crippen LogP contribution is 2.30. The fourth-order valence-corrected chi connectivity index (χ4v) is 5.31. The largest absolute Gasteiger partial charge is 0.312 e. The summed E-state index contributed by atoms with van der Waals surface area (Å²) >= 11 is 0. The summed E-state index contributed by atoms with van der Waals surface area (Å²) in [5.74, 6) is 0. The highest BCUT2D eigenvalue weighted by Gasteiger charge is 2.19. The third kappa shape index (κ3) is 3.69. The zero-order valence-corrected chi connectivity index (χ0v) is 19.3. The van der Waals surface area contributed by atoms with E-state index in [2.05, 4.69) is 39.3 Å². The van der Waals surface area contributed by atoms with E-state index < -0.39 is 0 Å². The van der Waals surface area contributed by atoms with Crippen LogP contribution in [0.5, 0.6) is 0 Å². The summed E-state index contributed by atoms with van der Waals surface area (Å²) in [7, 11) is 1.90. The Hall–Kier alpha value is -3.80. The van der Waals surface area contributed by atoms with Gasteiger partial charge in [0.25, 0.3) is 5.56 Å². The second-order valence-corrected chi connectivity index (χ2v) is 9.35. The van der Waals surface area contributed by atoms with E-state index in [1.165, 1.54) is 19.3 Å². The molecule has 0 N–H and O–H groups in total. The Morgan fingerprint density at radius 3 is 2.62 bits per heavy atom. The molecule has 0 spiro atoms. The molecule has 6 rings (SSSR count). The van der Waals surface area contributed by atoms with Crippen molar-refractivity contribution in [3.63, 3.8) is 0 Å². The van der Waals surface area contributed by atoms with E-state index in [-0.39, 0.29) is 5.56 Å². The van der Waals surface area contributed by atoms with Crippen LogP contribution in [0.1, 0.15) is 49.3 Å². The Kier molecular flexibility index (Phi) is 5.21. The van der Waals surface area contributed by atoms with Gasteiger partial charge >= 0.3 is 0 Å². The van der Waals surface area contributed by atoms with Crippen molar-refractivity contribution in [2.24, 2.45) is 7.05 Å². The zero-order valence-electron chi connectivity index (χ0n) is 19.3. The average molecular weight is 450 g/mol. The van der Waals surface area contributed by atoms with E-state index in [1.54, 1.807) is 4.68 Å². The van der Waals surface area contributed by atoms with Crippen LogP contribution in [-0.4, -0.2) is 24.3 Å². The minimum Gasteiger partial charge on any atom is -0.312 e. The molecule has 0 radical (unpaired) electrons. The van der Waals surface area contributed by atoms with Gasteiger partial charge in [-0.25, -0.2) is 0 Å². The number of rotatable bonds is 4. The van der Waals surface area contributed by atoms with E-state index in [0.29, 0.717) is 12.5 Å². The fraction of sp³-hybridized carbons (Fsp3) is 0.286. The van der Waals surface area contributed by atoms with Crippen molar-refractivity contribution in [2.45, 2.75) is 44.6 Å². The highest BCUT2D eigenvalue weighted by molar-refractivity contribution is 6.06. The molecule has 4 heterocycles. The molecule has 170 valence electrons. The third-order valence-electron chi connectivity index (χ3n) is 7.07. The molecule has 0 aliphatic heterocycles. The molecule has 0 saturated heterocycles. The van der Waals surface area contributed by atoms with Crippen LogP contribution in [0.15, 0.2) is 72.2 Å². The molecular formula is C28H27N5O. The van der Waals surface area contributed by atoms with Crippen molar-refractivity contribution >= 4 is 21.7 Å². The Labute approximate surface area is 197 Å². The summed E-state index contributed by atoms with van der Waals surface area (Å²) in [5.41, 5.74) is 5.09. The lowest BCUT2D eigenvalue weighted by molar-refractivity contribution is 0.347. The van der Waals surface area contributed by atoms with E-state index in [4.69, 9.17) is 0 Å². The second kappa shape index (κ2) is 8.52. The maximum absolute atomic E-state index is 13.6. The van der Waals surface area contributed by atoms with Crippen LogP contribution in [-0.2, 0) is 13.5 Å². The van der Waals surface area contributed by atoms with Gasteiger partial charge in [-0.2, -0.15) is 5.10 Å². The topological polar surface area (TPSA) is 65.6 Å². The molecule has 6 heteroatoms. The summed E-state index contributed by atoms with van der Waals surface area (Å²) in [6, 6.07) is 12.7. The van der Waals surface area contributed by atoms with Crippen LogP contribution in [0.2, 0.25) is 0 Å². The normalized spacial score (nSPS) is 14.7. The molecular weight excluding hydrogens is 422 g/mol. The van der Waals surface area contributed by atoms with Crippen molar-refractivity contribution in [1.29, 1.82) is 0 Å². The standard InChI is InChI=1S/C28H27N5O/c1-32-18-21(17-31-32)26-10-9-19(16-30-26)14-20-15-25-24(27-23(20)8-5-12-29-27)11-13-33(28(25)34)22-6-3-2-4-7-22/h5,8-13,15-18,22H,2-4,6-7,14H2,1H3. The monoisotopic (exact) mass is 449 g/mol. The molecule has 6 nitrogen and oxygen atoms in total. The molecule has 0 unspecified atom stereocenters. The molecule has 1 aliphatic carbocycles. The molecule has 1 aromatic carbocycles. The van der Waals surface area contributed by atoms with Crippen molar-refractivity contribution in [2.75, 3.05) is 0 Å². The summed E-state index contributed by atoms with van der Waals surface area (Å²) in [6.45, 7) is 0. The lowest BCUT2D eigenvalue weighted by atomic mass is 9.94. The summed E-state index contributed by atoms with van der Waals surface area (Å²) < 4.78 is 3.74. The number of hydrogen-bond acceptors (Lipinski definition) is 4. The van der Waals surface area contributed by atoms with Gasteiger partial charge in [0, 0.05) is 59.6 Å². The summed E-state index contributed by atoms with van der Waals surface area (Å²) in [6.07, 6.45) is 16.0. The quantitative estimate of drug-likeness (QED) is 0.343. The highest BCUT2D eigenvalue weighted by atomic mass is 16.1. The molecule has 34 heavy (non-hydrogen) atoms. The Balaban J connectivity index is 1.43. The Morgan fingerprint density at radius 2 is 1.85 bits per heavy atom. The fourth-order valence-electron chi connectivity index (χ4n) is 5.31. The lowest BCUT2D eigenvalue weighted by Crippen LogP contribution is -2.26. The molecule has 1 fully saturated rings. The van der Waals surface area contributed by atoms with Crippen LogP contribution >= 0.6 is 0 Å². The zero-order chi connectivity index (χ0) is 23.1. The Morgan fingerprint density at radius 1 is 0.971 bits per heavy atom. The first-order chi connectivity index (χ1) is 16.7. The van der Waals surface area contributed by atoms with Gasteiger partial charge in [0.1, 0.15) is 0 Å². The second-order valence-electron chi connectivity index (χ2n) is 9.35. The number of aryl methyl sites for hydroxylation is 1. The molecule has 0 bridgehead atoms. The number of aromatic nitrogens is 5. The lowest BCUT2D eigenvalue weighted by Gasteiger charge is -2.24. The van der Waals surface area contributed by atoms with Gasteiger partial charge in [-0.15, -0.1) is 0 Å². The van der Waals surface area contributed by atoms with Gasteiger partial charge in [-0.1, -0.05) is 31.4 Å². The number of hydrogen-bond donors (Lipinski definition) is 0. The van der Waals surface area contributed by atoms with Gasteiger partial charge < -0.3 is 4.57 Å². The predicted octanol–water partition coefficient (Wildman–Crippen LogP) is 5.44. The first-order valence-electron chi connectivity index (χ1n) is 12.0. The van der Waals surface area contributed by atoms with Gasteiger partial charge in [0.05, 0.1) is 17.4 Å². The van der Waals surface area contributed by atoms with E-state index in [9.17, 15) is 4.79 Å². The van der Waals surface area contributed by atoms with Crippen molar-refractivity contribution < 1.29 is 0 Å².